The Morgan fingerprint density at radius 2 is 1.67 bits per heavy atom. The molecule has 0 saturated carbocycles. The number of carbonyl (C=O) groups is 2. The molecule has 334 valence electrons. The van der Waals surface area contributed by atoms with Crippen molar-refractivity contribution in [2.24, 2.45) is 28.8 Å². The number of phenols is 3. The molecule has 0 spiro atoms. The molecule has 17 heteroatoms. The maximum atomic E-state index is 14.5. The Morgan fingerprint density at radius 1 is 1.00 bits per heavy atom. The molecule has 5 bridgehead atoms. The Morgan fingerprint density at radius 3 is 2.30 bits per heavy atom. The topological polar surface area (TPSA) is 223 Å². The van der Waals surface area contributed by atoms with Crippen molar-refractivity contribution in [2.45, 2.75) is 85.6 Å². The van der Waals surface area contributed by atoms with E-state index in [4.69, 9.17) is 18.9 Å². The molecule has 0 radical (unpaired) electrons. The van der Waals surface area contributed by atoms with Crippen LogP contribution in [0.1, 0.15) is 70.0 Å². The van der Waals surface area contributed by atoms with Gasteiger partial charge in [-0.1, -0.05) is 54.8 Å². The van der Waals surface area contributed by atoms with E-state index in [2.05, 4.69) is 24.2 Å². The lowest BCUT2D eigenvalue weighted by Gasteiger charge is -2.38. The Kier molecular flexibility index (Phi) is 15.2. The number of esters is 1. The summed E-state index contributed by atoms with van der Waals surface area (Å²) in [7, 11) is 5.08. The minimum Gasteiger partial charge on any atom is -0.507 e. The third-order valence-electron chi connectivity index (χ3n) is 12.2. The van der Waals surface area contributed by atoms with E-state index in [-0.39, 0.29) is 45.5 Å². The van der Waals surface area contributed by atoms with Crippen molar-refractivity contribution in [1.29, 1.82) is 0 Å². The molecule has 16 nitrogen and oxygen atoms in total. The molecule has 4 heterocycles. The minimum absolute atomic E-state index is 0.00165. The number of allylic oxidation sites excluding steroid dienone is 2. The predicted molar refractivity (Wildman–Crippen MR) is 235 cm³/mol. The molecule has 2 aromatic carbocycles. The molecule has 9 atom stereocenters. The number of fused-ring (bicyclic) bond motifs is 14. The third-order valence-corrected chi connectivity index (χ3v) is 12.7. The summed E-state index contributed by atoms with van der Waals surface area (Å²) in [6.07, 6.45) is 5.62. The molecule has 0 amide bonds. The summed E-state index contributed by atoms with van der Waals surface area (Å²) in [6.45, 7) is 15.9. The number of aliphatic hydroxyl groups excluding tert-OH is 3. The number of phenolic OH excluding ortho intramolecular Hbond substituents is 3. The summed E-state index contributed by atoms with van der Waals surface area (Å²) < 4.78 is 23.7. The molecule has 6 rings (SSSR count). The van der Waals surface area contributed by atoms with Gasteiger partial charge in [0.2, 0.25) is 0 Å². The zero-order valence-electron chi connectivity index (χ0n) is 36.3. The first-order chi connectivity index (χ1) is 28.8. The van der Waals surface area contributed by atoms with E-state index in [1.807, 2.05) is 6.92 Å². The average molecular weight is 869 g/mol. The van der Waals surface area contributed by atoms with Crippen LogP contribution in [0.25, 0.3) is 10.8 Å². The second kappa shape index (κ2) is 19.6. The molecule has 0 aliphatic carbocycles. The molecule has 61 heavy (non-hydrogen) atoms. The second-order valence-electron chi connectivity index (χ2n) is 16.4. The summed E-state index contributed by atoms with van der Waals surface area (Å²) in [4.78, 5) is 29.0. The number of β-amino-alcohol motifs (C(OH)–C–C–N with tert-alkyl or cyclic N) is 1. The highest BCUT2D eigenvalue weighted by molar-refractivity contribution is 7.22. The van der Waals surface area contributed by atoms with Gasteiger partial charge in [0.15, 0.2) is 5.75 Å². The molecule has 0 unspecified atom stereocenters. The highest BCUT2D eigenvalue weighted by Gasteiger charge is 2.50. The highest BCUT2D eigenvalue weighted by atomic mass is 31.0. The average Bonchev–Trinajstić information content (AvgIpc) is 3.49. The van der Waals surface area contributed by atoms with Crippen LogP contribution in [0.4, 0.5) is 5.69 Å². The summed E-state index contributed by atoms with van der Waals surface area (Å²) in [5.74, 6) is -7.10. The molecular formula is C44H61N4O12P. The number of hydrogen-bond donors (Lipinski definition) is 7. The van der Waals surface area contributed by atoms with Crippen LogP contribution in [-0.2, 0) is 19.0 Å². The predicted octanol–water partition coefficient (Wildman–Crippen LogP) is 4.44. The lowest BCUT2D eigenvalue weighted by molar-refractivity contribution is -0.160. The van der Waals surface area contributed by atoms with Crippen LogP contribution in [-0.4, -0.2) is 141 Å². The Bertz CT molecular complexity index is 2110. The van der Waals surface area contributed by atoms with Gasteiger partial charge in [-0.25, -0.2) is 0 Å². The van der Waals surface area contributed by atoms with Gasteiger partial charge in [-0.2, -0.15) is 5.10 Å². The van der Waals surface area contributed by atoms with Crippen molar-refractivity contribution in [3.05, 3.63) is 52.8 Å². The van der Waals surface area contributed by atoms with Crippen molar-refractivity contribution in [3.8, 4) is 23.0 Å². The second-order valence-corrected chi connectivity index (χ2v) is 16.9. The summed E-state index contributed by atoms with van der Waals surface area (Å²) >= 11 is 0. The lowest BCUT2D eigenvalue weighted by atomic mass is 9.78. The number of piperazine rings is 1. The van der Waals surface area contributed by atoms with E-state index in [0.29, 0.717) is 43.7 Å². The summed E-state index contributed by atoms with van der Waals surface area (Å²) in [5, 5.41) is 77.4. The number of methoxy groups -OCH3 is 1. The van der Waals surface area contributed by atoms with Crippen molar-refractivity contribution in [3.63, 3.8) is 0 Å². The van der Waals surface area contributed by atoms with Crippen LogP contribution in [0.15, 0.2) is 41.2 Å². The standard InChI is InChI=1S/C44H61N4O12P/c1-22-11-10-12-23(2)43(61)46-34-29(21-45-48-16-14-47(15-17-48)18-19-49)38(54)31-32(39(34)55)37(53)27(6)41-33(31)42(56)44(8,60-41)58-20-13-30(57-9)24(3)40(59-28(7)50)26(5)36(52)25(4)35(22)51/h10-13,20-22,24-26,30,35-36,40,46,49,51-55,61H,14-19H2,1-9H3/b11-10+,20-13+,23-12-,45-21+/t22-,24+,25+,26+,30-,35-,36+,40+,44-/m0/s1. The van der Waals surface area contributed by atoms with Gasteiger partial charge in [0, 0.05) is 88.3 Å². The van der Waals surface area contributed by atoms with Crippen LogP contribution in [0.3, 0.4) is 0 Å². The number of carbonyl (C=O) groups excluding carboxylic acids is 2. The van der Waals surface area contributed by atoms with Crippen molar-refractivity contribution in [1.82, 2.24) is 9.91 Å². The number of benzene rings is 2. The Hall–Kier alpha value is -4.70. The first-order valence-corrected chi connectivity index (χ1v) is 21.0. The SMILES string of the molecule is CO[C@H]1/C=C/O[C@@]2(C)Oc3c(C)c(O)c4c(O)c(c(/C=N/N5CCN(CCO)CC5)c(O)c4c3C2=O)NC(=P)/C(C)=C\C=C\[C@H](C)[C@H](O)[C@@H](C)[C@@H](O)[C@@H](C)[C@H](OC(C)=O)[C@@H]1C. The summed E-state index contributed by atoms with van der Waals surface area (Å²) in [6, 6.07) is 0. The quantitative estimate of drug-likeness (QED) is 0.0701. The normalized spacial score (nSPS) is 31.4. The number of aliphatic hydroxyl groups is 3. The molecule has 1 fully saturated rings. The van der Waals surface area contributed by atoms with Crippen LogP contribution >= 0.6 is 8.86 Å². The van der Waals surface area contributed by atoms with E-state index in [0.717, 1.165) is 0 Å². The number of ether oxygens (including phenoxy) is 4. The van der Waals surface area contributed by atoms with Crippen LogP contribution in [0.2, 0.25) is 0 Å². The van der Waals surface area contributed by atoms with E-state index in [1.165, 1.54) is 46.4 Å². The number of anilines is 1. The molecule has 7 N–H and O–H groups in total. The fourth-order valence-corrected chi connectivity index (χ4v) is 8.46. The Labute approximate surface area is 359 Å². The number of Topliss-reactive ketones (excluding diaryl/α,β-unsaturated/α-hetero) is 1. The van der Waals surface area contributed by atoms with Gasteiger partial charge in [-0.05, 0) is 25.5 Å². The molecule has 2 aromatic rings. The monoisotopic (exact) mass is 868 g/mol. The van der Waals surface area contributed by atoms with Crippen LogP contribution in [0.5, 0.6) is 23.0 Å². The first kappa shape index (κ1) is 47.4. The van der Waals surface area contributed by atoms with Gasteiger partial charge in [-0.3, -0.25) is 19.5 Å². The third kappa shape index (κ3) is 9.69. The van der Waals surface area contributed by atoms with E-state index < -0.39 is 82.9 Å². The van der Waals surface area contributed by atoms with Crippen molar-refractivity contribution in [2.75, 3.05) is 51.8 Å². The largest absolute Gasteiger partial charge is 0.507 e. The summed E-state index contributed by atoms with van der Waals surface area (Å²) in [5.41, 5.74) is 0.926. The van der Waals surface area contributed by atoms with Gasteiger partial charge in [-0.15, -0.1) is 0 Å². The maximum absolute atomic E-state index is 14.5. The maximum Gasteiger partial charge on any atom is 0.312 e. The fourth-order valence-electron chi connectivity index (χ4n) is 8.25. The van der Waals surface area contributed by atoms with Crippen molar-refractivity contribution >= 4 is 48.7 Å². The number of hydrogen-bond acceptors (Lipinski definition) is 15. The van der Waals surface area contributed by atoms with E-state index >= 15 is 0 Å². The number of nitrogens with zero attached hydrogens (tertiary/aromatic N) is 3. The zero-order valence-corrected chi connectivity index (χ0v) is 37.3. The molecule has 4 aliphatic rings. The molecule has 1 saturated heterocycles. The number of nitrogens with one attached hydrogen (secondary N) is 1. The lowest BCUT2D eigenvalue weighted by Crippen LogP contribution is -2.46. The van der Waals surface area contributed by atoms with Crippen LogP contribution in [0, 0.1) is 30.6 Å². The minimum atomic E-state index is -2.02. The number of ketones is 1. The fraction of sp³-hybridized carbons (Fsp3) is 0.545. The molecule has 4 aliphatic heterocycles. The molecule has 0 aromatic heterocycles. The van der Waals surface area contributed by atoms with E-state index in [9.17, 15) is 40.2 Å². The van der Waals surface area contributed by atoms with Gasteiger partial charge in [0.1, 0.15) is 23.4 Å². The zero-order chi connectivity index (χ0) is 45.1. The smallest absolute Gasteiger partial charge is 0.312 e. The number of aromatic hydroxyl groups is 3. The number of hydrazone groups is 1. The highest BCUT2D eigenvalue weighted by Crippen LogP contribution is 2.55. The van der Waals surface area contributed by atoms with Gasteiger partial charge < -0.3 is 54.9 Å². The Balaban J connectivity index is 1.69. The van der Waals surface area contributed by atoms with Gasteiger partial charge in [0.25, 0.3) is 5.78 Å². The molecular weight excluding hydrogens is 807 g/mol. The van der Waals surface area contributed by atoms with Gasteiger partial charge in [0.05, 0.1) is 65.0 Å². The van der Waals surface area contributed by atoms with Crippen molar-refractivity contribution < 1.29 is 59.2 Å². The van der Waals surface area contributed by atoms with E-state index in [1.54, 1.807) is 50.9 Å². The number of rotatable bonds is 6. The first-order valence-electron chi connectivity index (χ1n) is 20.5. The van der Waals surface area contributed by atoms with Crippen LogP contribution < -0.4 is 10.1 Å². The van der Waals surface area contributed by atoms with Gasteiger partial charge >= 0.3 is 11.8 Å².